The molecule has 0 aliphatic rings. The maximum absolute atomic E-state index is 13.1. The third-order valence-electron chi connectivity index (χ3n) is 3.47. The standard InChI is InChI=1S/C15H20F3NO3/c1-3-9(4-2)12(20)8-19-14(21)11-6-5-10(16)7-13(11)22-15(17)18/h5-7,9,12,15,20H,3-4,8H2,1-2H3,(H,19,21). The van der Waals surface area contributed by atoms with Gasteiger partial charge in [-0.1, -0.05) is 26.7 Å². The van der Waals surface area contributed by atoms with Crippen molar-refractivity contribution in [3.63, 3.8) is 0 Å². The van der Waals surface area contributed by atoms with Gasteiger partial charge in [-0.3, -0.25) is 4.79 Å². The summed E-state index contributed by atoms with van der Waals surface area (Å²) in [5, 5.41) is 12.4. The quantitative estimate of drug-likeness (QED) is 0.774. The molecule has 0 aliphatic heterocycles. The Balaban J connectivity index is 2.77. The first-order valence-corrected chi connectivity index (χ1v) is 7.09. The number of halogens is 3. The van der Waals surface area contributed by atoms with Crippen LogP contribution >= 0.6 is 0 Å². The minimum absolute atomic E-state index is 0.0172. The van der Waals surface area contributed by atoms with Crippen molar-refractivity contribution >= 4 is 5.91 Å². The summed E-state index contributed by atoms with van der Waals surface area (Å²) in [5.41, 5.74) is -0.210. The number of aliphatic hydroxyl groups is 1. The van der Waals surface area contributed by atoms with E-state index in [0.29, 0.717) is 0 Å². The predicted octanol–water partition coefficient (Wildman–Crippen LogP) is 2.95. The van der Waals surface area contributed by atoms with Gasteiger partial charge in [0.15, 0.2) is 0 Å². The van der Waals surface area contributed by atoms with Crippen molar-refractivity contribution in [2.24, 2.45) is 5.92 Å². The van der Waals surface area contributed by atoms with Crippen LogP contribution in [0.2, 0.25) is 0 Å². The van der Waals surface area contributed by atoms with Gasteiger partial charge in [-0.05, 0) is 18.1 Å². The normalized spacial score (nSPS) is 12.5. The van der Waals surface area contributed by atoms with Crippen molar-refractivity contribution in [1.29, 1.82) is 0 Å². The van der Waals surface area contributed by atoms with E-state index in [-0.39, 0.29) is 18.0 Å². The van der Waals surface area contributed by atoms with Crippen molar-refractivity contribution in [1.82, 2.24) is 5.32 Å². The van der Waals surface area contributed by atoms with E-state index in [1.165, 1.54) is 0 Å². The molecule has 0 spiro atoms. The van der Waals surface area contributed by atoms with Crippen LogP contribution in [0.25, 0.3) is 0 Å². The van der Waals surface area contributed by atoms with Gasteiger partial charge in [0.05, 0.1) is 11.7 Å². The van der Waals surface area contributed by atoms with Crippen molar-refractivity contribution in [2.75, 3.05) is 6.54 Å². The van der Waals surface area contributed by atoms with Gasteiger partial charge in [-0.15, -0.1) is 0 Å². The van der Waals surface area contributed by atoms with Crippen LogP contribution in [0.15, 0.2) is 18.2 Å². The van der Waals surface area contributed by atoms with Gasteiger partial charge in [0.25, 0.3) is 5.91 Å². The van der Waals surface area contributed by atoms with Gasteiger partial charge in [0, 0.05) is 12.6 Å². The van der Waals surface area contributed by atoms with Crippen LogP contribution in [0, 0.1) is 11.7 Å². The Labute approximate surface area is 127 Å². The zero-order valence-electron chi connectivity index (χ0n) is 12.5. The zero-order valence-corrected chi connectivity index (χ0v) is 12.5. The Morgan fingerprint density at radius 2 is 1.95 bits per heavy atom. The molecular weight excluding hydrogens is 299 g/mol. The molecule has 0 fully saturated rings. The predicted molar refractivity (Wildman–Crippen MR) is 75.4 cm³/mol. The average molecular weight is 319 g/mol. The molecule has 0 saturated carbocycles. The number of aliphatic hydroxyl groups excluding tert-OH is 1. The summed E-state index contributed by atoms with van der Waals surface area (Å²) in [5.74, 6) is -2.00. The lowest BCUT2D eigenvalue weighted by Crippen LogP contribution is -2.36. The van der Waals surface area contributed by atoms with E-state index in [2.05, 4.69) is 10.1 Å². The van der Waals surface area contributed by atoms with Crippen LogP contribution in [0.3, 0.4) is 0 Å². The Morgan fingerprint density at radius 1 is 1.32 bits per heavy atom. The maximum atomic E-state index is 13.1. The Kier molecular flexibility index (Phi) is 7.17. The summed E-state index contributed by atoms with van der Waals surface area (Å²) < 4.78 is 41.8. The van der Waals surface area contributed by atoms with E-state index < -0.39 is 30.2 Å². The minimum Gasteiger partial charge on any atom is -0.434 e. The first kappa shape index (κ1) is 18.3. The maximum Gasteiger partial charge on any atom is 0.387 e. The lowest BCUT2D eigenvalue weighted by molar-refractivity contribution is -0.0503. The van der Waals surface area contributed by atoms with E-state index in [1.54, 1.807) is 0 Å². The minimum atomic E-state index is -3.16. The summed E-state index contributed by atoms with van der Waals surface area (Å²) in [6, 6.07) is 2.76. The van der Waals surface area contributed by atoms with Crippen LogP contribution in [-0.2, 0) is 0 Å². The van der Waals surface area contributed by atoms with Crippen LogP contribution in [0.5, 0.6) is 5.75 Å². The highest BCUT2D eigenvalue weighted by atomic mass is 19.3. The van der Waals surface area contributed by atoms with Crippen molar-refractivity contribution in [2.45, 2.75) is 39.4 Å². The number of hydrogen-bond acceptors (Lipinski definition) is 3. The molecule has 1 atom stereocenters. The molecule has 0 aliphatic carbocycles. The molecule has 1 aromatic carbocycles. The van der Waals surface area contributed by atoms with Crippen LogP contribution < -0.4 is 10.1 Å². The third kappa shape index (κ3) is 5.22. The number of rotatable bonds is 8. The highest BCUT2D eigenvalue weighted by Crippen LogP contribution is 2.22. The molecule has 0 saturated heterocycles. The lowest BCUT2D eigenvalue weighted by atomic mass is 9.96. The summed E-state index contributed by atoms with van der Waals surface area (Å²) in [6.07, 6.45) is 0.770. The summed E-state index contributed by atoms with van der Waals surface area (Å²) in [6.45, 7) is 0.668. The SMILES string of the molecule is CCC(CC)C(O)CNC(=O)c1ccc(F)cc1OC(F)F. The highest BCUT2D eigenvalue weighted by molar-refractivity contribution is 5.96. The second kappa shape index (κ2) is 8.63. The molecular formula is C15H20F3NO3. The molecule has 0 bridgehead atoms. The topological polar surface area (TPSA) is 58.6 Å². The fraction of sp³-hybridized carbons (Fsp3) is 0.533. The second-order valence-electron chi connectivity index (χ2n) is 4.87. The van der Waals surface area contributed by atoms with Gasteiger partial charge < -0.3 is 15.2 Å². The number of carbonyl (C=O) groups excluding carboxylic acids is 1. The van der Waals surface area contributed by atoms with E-state index >= 15 is 0 Å². The molecule has 22 heavy (non-hydrogen) atoms. The molecule has 4 nitrogen and oxygen atoms in total. The summed E-state index contributed by atoms with van der Waals surface area (Å²) >= 11 is 0. The molecule has 1 rings (SSSR count). The van der Waals surface area contributed by atoms with E-state index in [4.69, 9.17) is 0 Å². The number of amides is 1. The fourth-order valence-electron chi connectivity index (χ4n) is 2.17. The van der Waals surface area contributed by atoms with Gasteiger partial charge in [-0.2, -0.15) is 8.78 Å². The number of alkyl halides is 2. The third-order valence-corrected chi connectivity index (χ3v) is 3.47. The van der Waals surface area contributed by atoms with E-state index in [9.17, 15) is 23.1 Å². The van der Waals surface area contributed by atoms with Crippen LogP contribution in [-0.4, -0.2) is 30.3 Å². The summed E-state index contributed by atoms with van der Waals surface area (Å²) in [4.78, 5) is 12.0. The molecule has 1 aromatic rings. The van der Waals surface area contributed by atoms with Gasteiger partial charge in [0.2, 0.25) is 0 Å². The number of ether oxygens (including phenoxy) is 1. The molecule has 124 valence electrons. The Hall–Kier alpha value is -1.76. The molecule has 7 heteroatoms. The smallest absolute Gasteiger partial charge is 0.387 e. The van der Waals surface area contributed by atoms with Gasteiger partial charge in [-0.25, -0.2) is 4.39 Å². The fourth-order valence-corrected chi connectivity index (χ4v) is 2.17. The van der Waals surface area contributed by atoms with Gasteiger partial charge in [0.1, 0.15) is 11.6 Å². The van der Waals surface area contributed by atoms with E-state index in [0.717, 1.165) is 31.0 Å². The first-order chi connectivity index (χ1) is 10.4. The van der Waals surface area contributed by atoms with E-state index in [1.807, 2.05) is 13.8 Å². The van der Waals surface area contributed by atoms with Crippen molar-refractivity contribution < 1.29 is 27.8 Å². The molecule has 0 aromatic heterocycles. The average Bonchev–Trinajstić information content (AvgIpc) is 2.45. The second-order valence-corrected chi connectivity index (χ2v) is 4.87. The van der Waals surface area contributed by atoms with Crippen molar-refractivity contribution in [3.05, 3.63) is 29.6 Å². The van der Waals surface area contributed by atoms with Crippen LogP contribution in [0.4, 0.5) is 13.2 Å². The molecule has 1 amide bonds. The monoisotopic (exact) mass is 319 g/mol. The zero-order chi connectivity index (χ0) is 16.7. The lowest BCUT2D eigenvalue weighted by Gasteiger charge is -2.20. The summed E-state index contributed by atoms with van der Waals surface area (Å²) in [7, 11) is 0. The Bertz CT molecular complexity index is 493. The van der Waals surface area contributed by atoms with Gasteiger partial charge >= 0.3 is 6.61 Å². The number of hydrogen-bond donors (Lipinski definition) is 2. The number of carbonyl (C=O) groups is 1. The van der Waals surface area contributed by atoms with Crippen molar-refractivity contribution in [3.8, 4) is 5.75 Å². The Morgan fingerprint density at radius 3 is 2.50 bits per heavy atom. The molecule has 2 N–H and O–H groups in total. The molecule has 0 heterocycles. The highest BCUT2D eigenvalue weighted by Gasteiger charge is 2.20. The molecule has 1 unspecified atom stereocenters. The first-order valence-electron chi connectivity index (χ1n) is 7.09. The number of nitrogens with one attached hydrogen (secondary N) is 1. The number of benzene rings is 1. The molecule has 0 radical (unpaired) electrons. The largest absolute Gasteiger partial charge is 0.434 e. The van der Waals surface area contributed by atoms with Crippen LogP contribution in [0.1, 0.15) is 37.0 Å².